The van der Waals surface area contributed by atoms with Crippen molar-refractivity contribution in [2.45, 2.75) is 70.6 Å². The second-order valence-electron chi connectivity index (χ2n) is 6.70. The van der Waals surface area contributed by atoms with E-state index >= 15 is 0 Å². The van der Waals surface area contributed by atoms with Crippen LogP contribution in [0, 0.1) is 0 Å². The molecule has 0 aliphatic carbocycles. The number of rotatable bonds is 10. The monoisotopic (exact) mass is 475 g/mol. The highest BCUT2D eigenvalue weighted by molar-refractivity contribution is 7.78. The molecule has 1 aliphatic heterocycles. The molecule has 0 spiro atoms. The molecule has 1 rings (SSSR count). The van der Waals surface area contributed by atoms with Crippen molar-refractivity contribution >= 4 is 42.5 Å². The molecule has 2 N–H and O–H groups in total. The maximum absolute atomic E-state index is 12.4. The quantitative estimate of drug-likeness (QED) is 0.0977. The first-order valence-corrected chi connectivity index (χ1v) is 9.93. The molecule has 0 bridgehead atoms. The van der Waals surface area contributed by atoms with Gasteiger partial charge >= 0.3 is 17.9 Å². The Labute approximate surface area is 188 Å². The molecule has 1 aliphatic rings. The second-order valence-corrected chi connectivity index (χ2v) is 6.93. The zero-order chi connectivity index (χ0) is 24.3. The fourth-order valence-electron chi connectivity index (χ4n) is 2.95. The number of amides is 2. The van der Waals surface area contributed by atoms with Crippen LogP contribution in [0.4, 0.5) is 0 Å². The highest BCUT2D eigenvalue weighted by Gasteiger charge is 2.50. The van der Waals surface area contributed by atoms with E-state index in [0.717, 1.165) is 20.8 Å². The van der Waals surface area contributed by atoms with Crippen LogP contribution in [0.15, 0.2) is 5.11 Å². The van der Waals surface area contributed by atoms with E-state index in [2.05, 4.69) is 32.9 Å². The van der Waals surface area contributed by atoms with Gasteiger partial charge in [-0.1, -0.05) is 17.9 Å². The highest BCUT2D eigenvalue weighted by Crippen LogP contribution is 2.28. The second kappa shape index (κ2) is 13.4. The van der Waals surface area contributed by atoms with Crippen molar-refractivity contribution in [3.8, 4) is 0 Å². The molecule has 0 aromatic rings. The third-order valence-corrected chi connectivity index (χ3v) is 4.40. The minimum absolute atomic E-state index is 0.0335. The Morgan fingerprint density at radius 1 is 1.00 bits per heavy atom. The van der Waals surface area contributed by atoms with Gasteiger partial charge < -0.3 is 29.0 Å². The minimum atomic E-state index is -1.39. The van der Waals surface area contributed by atoms with E-state index in [-0.39, 0.29) is 25.2 Å². The molecule has 1 heterocycles. The standard InChI is InChI=1S/C17H25N5O9S/c1-8(23)28-7-11-15(29-9(2)24)16(30-10(3)25)14(17(31-11)20-22-18)19-12(26)5-4-6-13(27)21-32/h11,14-17,32H,4-7H2,1-3H3,(H,19,26)(H,21,27). The predicted molar refractivity (Wildman–Crippen MR) is 108 cm³/mol. The fraction of sp³-hybridized carbons (Fsp3) is 0.706. The first-order valence-electron chi connectivity index (χ1n) is 9.48. The van der Waals surface area contributed by atoms with Gasteiger partial charge in [0.1, 0.15) is 18.8 Å². The van der Waals surface area contributed by atoms with Crippen molar-refractivity contribution in [2.75, 3.05) is 6.61 Å². The number of carbonyl (C=O) groups is 5. The van der Waals surface area contributed by atoms with E-state index in [1.54, 1.807) is 0 Å². The lowest BCUT2D eigenvalue weighted by Gasteiger charge is -2.44. The normalized spacial score (nSPS) is 24.3. The third kappa shape index (κ3) is 8.99. The number of azide groups is 1. The molecule has 32 heavy (non-hydrogen) atoms. The van der Waals surface area contributed by atoms with E-state index in [1.165, 1.54) is 0 Å². The Hall–Kier alpha value is -3.03. The first kappa shape index (κ1) is 27.0. The number of carbonyl (C=O) groups excluding carboxylic acids is 5. The summed E-state index contributed by atoms with van der Waals surface area (Å²) in [4.78, 5) is 61.0. The number of thiol groups is 1. The molecule has 5 atom stereocenters. The number of nitrogens with zero attached hydrogens (tertiary/aromatic N) is 3. The molecular weight excluding hydrogens is 450 g/mol. The average Bonchev–Trinajstić information content (AvgIpc) is 2.70. The molecule has 0 radical (unpaired) electrons. The van der Waals surface area contributed by atoms with Crippen molar-refractivity contribution in [3.05, 3.63) is 10.4 Å². The molecule has 1 saturated heterocycles. The Bertz CT molecular complexity index is 774. The van der Waals surface area contributed by atoms with Crippen LogP contribution in [0.3, 0.4) is 0 Å². The highest BCUT2D eigenvalue weighted by atomic mass is 32.1. The van der Waals surface area contributed by atoms with Crippen LogP contribution in [0.1, 0.15) is 40.0 Å². The molecule has 5 unspecified atom stereocenters. The number of esters is 3. The molecule has 14 nitrogen and oxygen atoms in total. The lowest BCUT2D eigenvalue weighted by Crippen LogP contribution is -2.65. The van der Waals surface area contributed by atoms with Gasteiger partial charge in [-0.3, -0.25) is 24.0 Å². The van der Waals surface area contributed by atoms with E-state index < -0.39 is 61.0 Å². The number of ether oxygens (including phenoxy) is 4. The van der Waals surface area contributed by atoms with Crippen molar-refractivity contribution in [1.29, 1.82) is 0 Å². The SMILES string of the molecule is CC(=O)OCC1OC(N=[N+]=[N-])C(NC(=O)CCCC(=O)NS)C(OC(C)=O)C1OC(C)=O. The fourth-order valence-corrected chi connectivity index (χ4v) is 3.06. The number of hydrogen-bond donors (Lipinski definition) is 3. The van der Waals surface area contributed by atoms with E-state index in [0.29, 0.717) is 0 Å². The summed E-state index contributed by atoms with van der Waals surface area (Å²) in [5, 5.41) is 6.02. The van der Waals surface area contributed by atoms with Crippen molar-refractivity contribution < 1.29 is 42.9 Å². The molecule has 0 aromatic heterocycles. The summed E-state index contributed by atoms with van der Waals surface area (Å²) in [6, 6.07) is -1.24. The van der Waals surface area contributed by atoms with Gasteiger partial charge in [0, 0.05) is 38.5 Å². The smallest absolute Gasteiger partial charge is 0.303 e. The van der Waals surface area contributed by atoms with Gasteiger partial charge in [0.2, 0.25) is 11.8 Å². The van der Waals surface area contributed by atoms with Gasteiger partial charge in [-0.05, 0) is 12.0 Å². The summed E-state index contributed by atoms with van der Waals surface area (Å²) in [5.74, 6) is -3.13. The van der Waals surface area contributed by atoms with Crippen LogP contribution in [-0.4, -0.2) is 66.9 Å². The zero-order valence-electron chi connectivity index (χ0n) is 17.7. The largest absolute Gasteiger partial charge is 0.463 e. The van der Waals surface area contributed by atoms with E-state index in [1.807, 2.05) is 0 Å². The summed E-state index contributed by atoms with van der Waals surface area (Å²) < 4.78 is 23.2. The molecular formula is C17H25N5O9S. The van der Waals surface area contributed by atoms with Crippen molar-refractivity contribution in [2.24, 2.45) is 5.11 Å². The minimum Gasteiger partial charge on any atom is -0.463 e. The van der Waals surface area contributed by atoms with E-state index in [4.69, 9.17) is 24.5 Å². The van der Waals surface area contributed by atoms with Crippen LogP contribution in [0.5, 0.6) is 0 Å². The average molecular weight is 475 g/mol. The van der Waals surface area contributed by atoms with Crippen LogP contribution in [0.25, 0.3) is 10.4 Å². The molecule has 1 fully saturated rings. The third-order valence-electron chi connectivity index (χ3n) is 4.15. The Morgan fingerprint density at radius 2 is 1.59 bits per heavy atom. The van der Waals surface area contributed by atoms with Crippen LogP contribution in [-0.2, 0) is 42.9 Å². The predicted octanol–water partition coefficient (Wildman–Crippen LogP) is 0.0642. The lowest BCUT2D eigenvalue weighted by molar-refractivity contribution is -0.222. The maximum atomic E-state index is 12.4. The Balaban J connectivity index is 3.17. The van der Waals surface area contributed by atoms with Crippen LogP contribution >= 0.6 is 12.8 Å². The van der Waals surface area contributed by atoms with Gasteiger partial charge in [0.15, 0.2) is 18.4 Å². The topological polar surface area (TPSA) is 195 Å². The van der Waals surface area contributed by atoms with Gasteiger partial charge in [0.05, 0.1) is 0 Å². The van der Waals surface area contributed by atoms with Gasteiger partial charge in [-0.25, -0.2) is 0 Å². The molecule has 15 heteroatoms. The summed E-state index contributed by atoms with van der Waals surface area (Å²) in [5.41, 5.74) is 8.92. The number of nitrogens with one attached hydrogen (secondary N) is 2. The van der Waals surface area contributed by atoms with Gasteiger partial charge in [-0.2, -0.15) is 0 Å². The zero-order valence-corrected chi connectivity index (χ0v) is 18.6. The van der Waals surface area contributed by atoms with Crippen LogP contribution < -0.4 is 10.0 Å². The lowest BCUT2D eigenvalue weighted by atomic mass is 9.95. The summed E-state index contributed by atoms with van der Waals surface area (Å²) in [7, 11) is 0. The van der Waals surface area contributed by atoms with Crippen LogP contribution in [0.2, 0.25) is 0 Å². The summed E-state index contributed by atoms with van der Waals surface area (Å²) in [6.45, 7) is 2.95. The van der Waals surface area contributed by atoms with Gasteiger partial charge in [-0.15, -0.1) is 0 Å². The van der Waals surface area contributed by atoms with Crippen molar-refractivity contribution in [3.63, 3.8) is 0 Å². The summed E-state index contributed by atoms with van der Waals surface area (Å²) >= 11 is 3.62. The van der Waals surface area contributed by atoms with Gasteiger partial charge in [0.25, 0.3) is 0 Å². The molecule has 2 amide bonds. The maximum Gasteiger partial charge on any atom is 0.303 e. The summed E-state index contributed by atoms with van der Waals surface area (Å²) in [6.07, 6.45) is -5.05. The van der Waals surface area contributed by atoms with Crippen molar-refractivity contribution in [1.82, 2.24) is 10.0 Å². The molecule has 178 valence electrons. The first-order chi connectivity index (χ1) is 15.1. The molecule has 0 aromatic carbocycles. The Kier molecular flexibility index (Phi) is 11.3. The molecule has 0 saturated carbocycles. The van der Waals surface area contributed by atoms with E-state index in [9.17, 15) is 24.0 Å². The Morgan fingerprint density at radius 3 is 2.12 bits per heavy atom. The number of hydrogen-bond acceptors (Lipinski definition) is 11.